The Hall–Kier alpha value is -0.615. The van der Waals surface area contributed by atoms with Crippen molar-refractivity contribution < 1.29 is 59.1 Å². The Morgan fingerprint density at radius 1 is 0.628 bits per heavy atom. The van der Waals surface area contributed by atoms with Crippen LogP contribution < -0.4 is 28.7 Å². The Morgan fingerprint density at radius 3 is 1.70 bits per heavy atom. The van der Waals surface area contributed by atoms with Crippen molar-refractivity contribution in [3.63, 3.8) is 0 Å². The SMILES string of the molecule is C[B]C[C@H]1OC(O[C@H]2C(OC3OC(CC)C(O)[C@@H](O)[C@@H]3N)C(N)CC(N)[C@H]2O)[C@@H](O)[C@H]1OC1O[C@@H](CN)C(O)C(O)C1N. The minimum Gasteiger partial charge on any atom is -0.389 e. The first-order valence-corrected chi connectivity index (χ1v) is 14.9. The van der Waals surface area contributed by atoms with Crippen LogP contribution in [0.25, 0.3) is 0 Å². The largest absolute Gasteiger partial charge is 0.389 e. The van der Waals surface area contributed by atoms with Gasteiger partial charge < -0.3 is 87.7 Å². The quantitative estimate of drug-likeness (QED) is 0.101. The van der Waals surface area contributed by atoms with Crippen molar-refractivity contribution in [1.82, 2.24) is 0 Å². The van der Waals surface area contributed by atoms with E-state index >= 15 is 0 Å². The first kappa shape index (κ1) is 35.2. The van der Waals surface area contributed by atoms with Gasteiger partial charge in [-0.25, -0.2) is 0 Å². The van der Waals surface area contributed by atoms with E-state index in [1.54, 1.807) is 21.0 Å². The summed E-state index contributed by atoms with van der Waals surface area (Å²) in [4.78, 5) is 0. The monoisotopic (exact) mass is 622 g/mol. The van der Waals surface area contributed by atoms with E-state index in [4.69, 9.17) is 57.1 Å². The van der Waals surface area contributed by atoms with E-state index in [0.29, 0.717) is 12.7 Å². The van der Waals surface area contributed by atoms with Crippen LogP contribution in [0, 0.1) is 0 Å². The second kappa shape index (κ2) is 14.9. The van der Waals surface area contributed by atoms with E-state index in [0.717, 1.165) is 0 Å². The molecular weight excluding hydrogens is 573 g/mol. The maximum Gasteiger partial charge on any atom is 0.187 e. The molecule has 0 aromatic rings. The van der Waals surface area contributed by atoms with Gasteiger partial charge in [-0.05, 0) is 12.8 Å². The zero-order valence-corrected chi connectivity index (χ0v) is 24.4. The maximum absolute atomic E-state index is 11.3. The molecular formula is C25H49BN5O12. The molecule has 1 aliphatic carbocycles. The number of aliphatic hydroxyl groups is 6. The number of aliphatic hydroxyl groups excluding tert-OH is 6. The number of ether oxygens (including phenoxy) is 6. The number of nitrogens with two attached hydrogens (primary N) is 5. The Labute approximate surface area is 251 Å². The first-order valence-electron chi connectivity index (χ1n) is 14.9. The second-order valence-corrected chi connectivity index (χ2v) is 11.9. The third-order valence-corrected chi connectivity index (χ3v) is 8.83. The zero-order valence-electron chi connectivity index (χ0n) is 24.4. The Morgan fingerprint density at radius 2 is 1.14 bits per heavy atom. The van der Waals surface area contributed by atoms with Gasteiger partial charge in [0.05, 0.1) is 30.4 Å². The summed E-state index contributed by atoms with van der Waals surface area (Å²) in [6, 6.07) is -3.88. The van der Waals surface area contributed by atoms with E-state index in [-0.39, 0.29) is 13.0 Å². The summed E-state index contributed by atoms with van der Waals surface area (Å²) in [7, 11) is 1.79. The van der Waals surface area contributed by atoms with E-state index in [1.165, 1.54) is 0 Å². The Kier molecular flexibility index (Phi) is 12.2. The maximum atomic E-state index is 11.3. The summed E-state index contributed by atoms with van der Waals surface area (Å²) in [6.45, 7) is 3.43. The fourth-order valence-electron chi connectivity index (χ4n) is 6.16. The van der Waals surface area contributed by atoms with Gasteiger partial charge in [-0.2, -0.15) is 0 Å². The normalized spacial score (nSPS) is 52.7. The molecule has 249 valence electrons. The molecule has 0 aromatic heterocycles. The highest BCUT2D eigenvalue weighted by atomic mass is 16.8. The highest BCUT2D eigenvalue weighted by molar-refractivity contribution is 6.33. The van der Waals surface area contributed by atoms with Crippen LogP contribution in [-0.4, -0.2) is 161 Å². The number of hydrogen-bond acceptors (Lipinski definition) is 17. The summed E-state index contributed by atoms with van der Waals surface area (Å²) in [5.41, 5.74) is 30.4. The van der Waals surface area contributed by atoms with Gasteiger partial charge in [-0.1, -0.05) is 20.1 Å². The van der Waals surface area contributed by atoms with Gasteiger partial charge in [-0.3, -0.25) is 0 Å². The summed E-state index contributed by atoms with van der Waals surface area (Å²) in [5, 5.41) is 63.7. The van der Waals surface area contributed by atoms with Crippen molar-refractivity contribution >= 4 is 7.28 Å². The van der Waals surface area contributed by atoms with Gasteiger partial charge in [0.15, 0.2) is 18.9 Å². The standard InChI is InChI=1S/C25H49BN5O12/c1-3-9-15(33)17(35)12(30)23(38-9)41-20-8(29)4-7(28)14(32)22(20)43-25-19(37)21(10(39-25)5-26-2)42-24-13(31)18(36)16(34)11(6-27)40-24/h7-25,32-37H,3-6,27-31H2,1-2H3/t7?,8?,9?,10-,11+,12+,13?,14-,15?,16?,17+,18?,19+,20?,21+,22-,23?,24?,25?/m1/s1. The molecule has 3 aliphatic heterocycles. The zero-order chi connectivity index (χ0) is 31.7. The van der Waals surface area contributed by atoms with E-state index in [2.05, 4.69) is 0 Å². The van der Waals surface area contributed by atoms with Crippen LogP contribution in [0.1, 0.15) is 19.8 Å². The molecule has 0 aromatic carbocycles. The Bertz CT molecular complexity index is 886. The topological polar surface area (TPSA) is 307 Å². The van der Waals surface area contributed by atoms with E-state index < -0.39 is 116 Å². The van der Waals surface area contributed by atoms with Gasteiger partial charge in [0.25, 0.3) is 0 Å². The first-order chi connectivity index (χ1) is 20.3. The molecule has 17 nitrogen and oxygen atoms in total. The van der Waals surface area contributed by atoms with Crippen LogP contribution >= 0.6 is 0 Å². The fraction of sp³-hybridized carbons (Fsp3) is 1.00. The molecule has 0 spiro atoms. The Balaban J connectivity index is 1.51. The molecule has 19 atom stereocenters. The second-order valence-electron chi connectivity index (χ2n) is 11.9. The average molecular weight is 623 g/mol. The van der Waals surface area contributed by atoms with Crippen LogP contribution in [-0.2, 0) is 28.4 Å². The van der Waals surface area contributed by atoms with Crippen molar-refractivity contribution in [2.45, 2.75) is 149 Å². The predicted octanol–water partition coefficient (Wildman–Crippen LogP) is -6.27. The lowest BCUT2D eigenvalue weighted by Gasteiger charge is -2.47. The van der Waals surface area contributed by atoms with Crippen molar-refractivity contribution in [3.8, 4) is 0 Å². The predicted molar refractivity (Wildman–Crippen MR) is 149 cm³/mol. The minimum absolute atomic E-state index is 0.114. The molecule has 3 saturated heterocycles. The lowest BCUT2D eigenvalue weighted by atomic mass is 9.74. The van der Waals surface area contributed by atoms with Gasteiger partial charge in [0.1, 0.15) is 62.2 Å². The van der Waals surface area contributed by atoms with Gasteiger partial charge in [0.2, 0.25) is 0 Å². The molecule has 16 N–H and O–H groups in total. The highest BCUT2D eigenvalue weighted by Gasteiger charge is 2.54. The molecule has 43 heavy (non-hydrogen) atoms. The average Bonchev–Trinajstić information content (AvgIpc) is 3.26. The van der Waals surface area contributed by atoms with Crippen LogP contribution in [0.3, 0.4) is 0 Å². The lowest BCUT2D eigenvalue weighted by Crippen LogP contribution is -2.67. The molecule has 11 unspecified atom stereocenters. The van der Waals surface area contributed by atoms with Crippen molar-refractivity contribution in [2.24, 2.45) is 28.7 Å². The minimum atomic E-state index is -1.45. The highest BCUT2D eigenvalue weighted by Crippen LogP contribution is 2.35. The third kappa shape index (κ3) is 7.21. The molecule has 1 radical (unpaired) electrons. The molecule has 1 saturated carbocycles. The van der Waals surface area contributed by atoms with E-state index in [1.807, 2.05) is 0 Å². The van der Waals surface area contributed by atoms with Crippen molar-refractivity contribution in [1.29, 1.82) is 0 Å². The van der Waals surface area contributed by atoms with E-state index in [9.17, 15) is 30.6 Å². The molecule has 4 fully saturated rings. The molecule has 0 amide bonds. The summed E-state index contributed by atoms with van der Waals surface area (Å²) in [5.74, 6) is 0. The van der Waals surface area contributed by atoms with Crippen molar-refractivity contribution in [2.75, 3.05) is 6.54 Å². The van der Waals surface area contributed by atoms with Gasteiger partial charge >= 0.3 is 0 Å². The number of hydrogen-bond donors (Lipinski definition) is 11. The summed E-state index contributed by atoms with van der Waals surface area (Å²) < 4.78 is 35.8. The van der Waals surface area contributed by atoms with Crippen LogP contribution in [0.15, 0.2) is 0 Å². The molecule has 0 bridgehead atoms. The van der Waals surface area contributed by atoms with Gasteiger partial charge in [0, 0.05) is 18.6 Å². The molecule has 4 rings (SSSR count). The summed E-state index contributed by atoms with van der Waals surface area (Å²) in [6.07, 6.45) is -16.9. The van der Waals surface area contributed by atoms with Gasteiger partial charge in [-0.15, -0.1) is 0 Å². The molecule has 18 heteroatoms. The smallest absolute Gasteiger partial charge is 0.187 e. The molecule has 4 aliphatic rings. The lowest BCUT2D eigenvalue weighted by molar-refractivity contribution is -0.308. The van der Waals surface area contributed by atoms with Crippen LogP contribution in [0.2, 0.25) is 13.1 Å². The number of rotatable bonds is 10. The van der Waals surface area contributed by atoms with Crippen LogP contribution in [0.4, 0.5) is 0 Å². The third-order valence-electron chi connectivity index (χ3n) is 8.83. The summed E-state index contributed by atoms with van der Waals surface area (Å²) >= 11 is 0. The molecule has 3 heterocycles. The van der Waals surface area contributed by atoms with Crippen molar-refractivity contribution in [3.05, 3.63) is 0 Å². The fourth-order valence-corrected chi connectivity index (χ4v) is 6.16. The van der Waals surface area contributed by atoms with Crippen LogP contribution in [0.5, 0.6) is 0 Å².